The number of hydrogen-bond donors (Lipinski definition) is 4. The number of aliphatic carboxylic acids is 1. The quantitative estimate of drug-likeness (QED) is 0.288. The van der Waals surface area contributed by atoms with Gasteiger partial charge in [-0.15, -0.1) is 0 Å². The fourth-order valence-corrected chi connectivity index (χ4v) is 7.99. The Morgan fingerprint density at radius 2 is 2.00 bits per heavy atom. The number of fused-ring (bicyclic) bond motifs is 1. The first-order chi connectivity index (χ1) is 16.2. The third-order valence-electron chi connectivity index (χ3n) is 7.07. The van der Waals surface area contributed by atoms with Crippen LogP contribution in [0.25, 0.3) is 0 Å². The van der Waals surface area contributed by atoms with Gasteiger partial charge < -0.3 is 20.6 Å². The molecule has 194 valence electrons. The van der Waals surface area contributed by atoms with Crippen LogP contribution in [0.5, 0.6) is 0 Å². The summed E-state index contributed by atoms with van der Waals surface area (Å²) in [6.45, 7) is 4.96. The summed E-state index contributed by atoms with van der Waals surface area (Å²) >= 11 is 1.63. The Hall–Kier alpha value is -1.37. The minimum atomic E-state index is -3.76. The Morgan fingerprint density at radius 3 is 2.68 bits per heavy atom. The molecular weight excluding hydrogens is 480 g/mol. The van der Waals surface area contributed by atoms with Crippen LogP contribution in [-0.4, -0.2) is 91.7 Å². The summed E-state index contributed by atoms with van der Waals surface area (Å²) < 4.78 is 26.4. The lowest BCUT2D eigenvalue weighted by Gasteiger charge is -2.36. The third-order valence-corrected chi connectivity index (χ3v) is 10.1. The van der Waals surface area contributed by atoms with Crippen LogP contribution in [0.3, 0.4) is 0 Å². The molecule has 3 saturated heterocycles. The number of likely N-dealkylation sites (tertiary alicyclic amines) is 1. The number of carbonyl (C=O) groups excluding carboxylic acids is 2. The van der Waals surface area contributed by atoms with Gasteiger partial charge in [0.2, 0.25) is 21.8 Å². The standard InChI is InChI=1S/C22H38N4O6S2/c1-2-3-12-34(31,32)25-17(22(29)30)13-24-20(27)16-14-33-18-7-11-26(21(28)19(16)18)10-6-15-4-8-23-9-5-15/h15-19,23,25H,2-14H2,1H3,(H,24,27)(H,29,30). The molecule has 0 aromatic rings. The summed E-state index contributed by atoms with van der Waals surface area (Å²) in [4.78, 5) is 39.7. The fraction of sp³-hybridized carbons (Fsp3) is 0.864. The van der Waals surface area contributed by atoms with Gasteiger partial charge in [-0.25, -0.2) is 8.42 Å². The first-order valence-electron chi connectivity index (χ1n) is 12.3. The van der Waals surface area contributed by atoms with Crippen LogP contribution in [0.15, 0.2) is 0 Å². The van der Waals surface area contributed by atoms with E-state index in [4.69, 9.17) is 0 Å². The molecule has 3 aliphatic rings. The number of carboxylic acids is 1. The van der Waals surface area contributed by atoms with Crippen LogP contribution in [0.4, 0.5) is 0 Å². The Balaban J connectivity index is 1.54. The van der Waals surface area contributed by atoms with Gasteiger partial charge in [0, 0.05) is 30.6 Å². The van der Waals surface area contributed by atoms with E-state index in [2.05, 4.69) is 15.4 Å². The average molecular weight is 519 g/mol. The largest absolute Gasteiger partial charge is 0.480 e. The molecule has 0 aliphatic carbocycles. The van der Waals surface area contributed by atoms with Crippen molar-refractivity contribution in [3.05, 3.63) is 0 Å². The molecule has 0 aromatic carbocycles. The van der Waals surface area contributed by atoms with Crippen molar-refractivity contribution in [1.82, 2.24) is 20.3 Å². The highest BCUT2D eigenvalue weighted by molar-refractivity contribution is 8.00. The number of amides is 2. The lowest BCUT2D eigenvalue weighted by atomic mass is 9.84. The van der Waals surface area contributed by atoms with E-state index in [9.17, 15) is 27.9 Å². The van der Waals surface area contributed by atoms with Gasteiger partial charge in [0.05, 0.1) is 17.6 Å². The van der Waals surface area contributed by atoms with Gasteiger partial charge in [-0.1, -0.05) is 13.3 Å². The molecule has 2 amide bonds. The molecule has 3 aliphatic heterocycles. The molecular formula is C22H38N4O6S2. The maximum absolute atomic E-state index is 13.3. The maximum Gasteiger partial charge on any atom is 0.323 e. The molecule has 4 atom stereocenters. The van der Waals surface area contributed by atoms with Gasteiger partial charge in [0.1, 0.15) is 6.04 Å². The average Bonchev–Trinajstić information content (AvgIpc) is 3.25. The zero-order valence-electron chi connectivity index (χ0n) is 19.8. The maximum atomic E-state index is 13.3. The number of sulfonamides is 1. The Bertz CT molecular complexity index is 833. The molecule has 4 unspecified atom stereocenters. The number of rotatable bonds is 12. The monoisotopic (exact) mass is 518 g/mol. The van der Waals surface area contributed by atoms with Crippen LogP contribution >= 0.6 is 11.8 Å². The van der Waals surface area contributed by atoms with Crippen molar-refractivity contribution in [3.63, 3.8) is 0 Å². The summed E-state index contributed by atoms with van der Waals surface area (Å²) in [7, 11) is -3.76. The van der Waals surface area contributed by atoms with Gasteiger partial charge in [0.25, 0.3) is 0 Å². The van der Waals surface area contributed by atoms with E-state index in [1.54, 1.807) is 11.8 Å². The molecule has 3 fully saturated rings. The van der Waals surface area contributed by atoms with E-state index in [1.165, 1.54) is 0 Å². The number of piperidine rings is 2. The van der Waals surface area contributed by atoms with Crippen molar-refractivity contribution in [1.29, 1.82) is 0 Å². The van der Waals surface area contributed by atoms with Gasteiger partial charge in [-0.05, 0) is 51.1 Å². The van der Waals surface area contributed by atoms with Crippen molar-refractivity contribution in [2.75, 3.05) is 44.2 Å². The van der Waals surface area contributed by atoms with Crippen LogP contribution < -0.4 is 15.4 Å². The molecule has 3 heterocycles. The Kier molecular flexibility index (Phi) is 10.0. The Labute approximate surface area is 206 Å². The van der Waals surface area contributed by atoms with Crippen LogP contribution in [0.2, 0.25) is 0 Å². The topological polar surface area (TPSA) is 145 Å². The number of nitrogens with one attached hydrogen (secondary N) is 3. The van der Waals surface area contributed by atoms with E-state index in [-0.39, 0.29) is 29.4 Å². The predicted octanol–water partition coefficient (Wildman–Crippen LogP) is 0.245. The number of carbonyl (C=O) groups is 3. The van der Waals surface area contributed by atoms with Crippen molar-refractivity contribution in [2.45, 2.75) is 56.7 Å². The molecule has 34 heavy (non-hydrogen) atoms. The van der Waals surface area contributed by atoms with Gasteiger partial charge in [-0.3, -0.25) is 14.4 Å². The number of carboxylic acid groups (broad SMARTS) is 1. The van der Waals surface area contributed by atoms with Crippen LogP contribution in [0, 0.1) is 17.8 Å². The summed E-state index contributed by atoms with van der Waals surface area (Å²) in [5, 5.41) is 15.5. The molecule has 12 heteroatoms. The van der Waals surface area contributed by atoms with E-state index in [0.717, 1.165) is 38.8 Å². The van der Waals surface area contributed by atoms with E-state index < -0.39 is 33.9 Å². The molecule has 0 aromatic heterocycles. The molecule has 0 bridgehead atoms. The number of thioether (sulfide) groups is 1. The minimum absolute atomic E-state index is 0.0189. The normalized spacial score (nSPS) is 26.8. The molecule has 10 nitrogen and oxygen atoms in total. The summed E-state index contributed by atoms with van der Waals surface area (Å²) in [5.41, 5.74) is 0. The van der Waals surface area contributed by atoms with Gasteiger partial charge in [-0.2, -0.15) is 16.5 Å². The Morgan fingerprint density at radius 1 is 1.26 bits per heavy atom. The zero-order chi connectivity index (χ0) is 24.7. The third kappa shape index (κ3) is 7.32. The second-order valence-electron chi connectivity index (χ2n) is 9.53. The van der Waals surface area contributed by atoms with Gasteiger partial charge in [0.15, 0.2) is 0 Å². The highest BCUT2D eigenvalue weighted by atomic mass is 32.2. The summed E-state index contributed by atoms with van der Waals surface area (Å²) in [5.74, 6) is -1.68. The number of nitrogens with zero attached hydrogens (tertiary/aromatic N) is 1. The minimum Gasteiger partial charge on any atom is -0.480 e. The zero-order valence-corrected chi connectivity index (χ0v) is 21.5. The van der Waals surface area contributed by atoms with Crippen molar-refractivity contribution in [3.8, 4) is 0 Å². The number of unbranched alkanes of at least 4 members (excludes halogenated alkanes) is 1. The predicted molar refractivity (Wildman–Crippen MR) is 131 cm³/mol. The lowest BCUT2D eigenvalue weighted by Crippen LogP contribution is -2.53. The first-order valence-corrected chi connectivity index (χ1v) is 15.0. The van der Waals surface area contributed by atoms with Gasteiger partial charge >= 0.3 is 5.97 Å². The van der Waals surface area contributed by atoms with E-state index in [0.29, 0.717) is 37.6 Å². The molecule has 3 rings (SSSR count). The lowest BCUT2D eigenvalue weighted by molar-refractivity contribution is -0.144. The fourth-order valence-electron chi connectivity index (χ4n) is 4.98. The van der Waals surface area contributed by atoms with Crippen LogP contribution in [-0.2, 0) is 24.4 Å². The smallest absolute Gasteiger partial charge is 0.323 e. The van der Waals surface area contributed by atoms with E-state index >= 15 is 0 Å². The molecule has 4 N–H and O–H groups in total. The van der Waals surface area contributed by atoms with Crippen molar-refractivity contribution >= 4 is 39.6 Å². The van der Waals surface area contributed by atoms with E-state index in [1.807, 2.05) is 11.8 Å². The molecule has 0 radical (unpaired) electrons. The molecule has 0 saturated carbocycles. The number of hydrogen-bond acceptors (Lipinski definition) is 7. The second kappa shape index (κ2) is 12.5. The highest BCUT2D eigenvalue weighted by Gasteiger charge is 2.49. The first kappa shape index (κ1) is 27.2. The second-order valence-corrected chi connectivity index (χ2v) is 12.7. The van der Waals surface area contributed by atoms with Crippen LogP contribution in [0.1, 0.15) is 45.4 Å². The molecule has 0 spiro atoms. The summed E-state index contributed by atoms with van der Waals surface area (Å²) in [6.07, 6.45) is 5.18. The summed E-state index contributed by atoms with van der Waals surface area (Å²) in [6, 6.07) is -1.45. The van der Waals surface area contributed by atoms with Crippen molar-refractivity contribution in [2.24, 2.45) is 17.8 Å². The SMILES string of the molecule is CCCCS(=O)(=O)NC(CNC(=O)C1CSC2CCN(CCC3CCNCC3)C(=O)C21)C(=O)O. The van der Waals surface area contributed by atoms with Crippen molar-refractivity contribution < 1.29 is 27.9 Å². The highest BCUT2D eigenvalue weighted by Crippen LogP contribution is 2.43.